The fourth-order valence-corrected chi connectivity index (χ4v) is 3.46. The first-order valence-corrected chi connectivity index (χ1v) is 7.97. The minimum atomic E-state index is -0.760. The summed E-state index contributed by atoms with van der Waals surface area (Å²) >= 11 is 1.63. The SMILES string of the molecule is CC(C)NC(=O)[C@H](C)OC(=O)c1csc2c1CCCC2. The summed E-state index contributed by atoms with van der Waals surface area (Å²) in [5.41, 5.74) is 1.77. The highest BCUT2D eigenvalue weighted by molar-refractivity contribution is 7.10. The third-order valence-electron chi connectivity index (χ3n) is 3.37. The molecule has 0 saturated heterocycles. The number of aryl methyl sites for hydroxylation is 1. The maximum atomic E-state index is 12.2. The Labute approximate surface area is 123 Å². The normalized spacial score (nSPS) is 15.6. The van der Waals surface area contributed by atoms with Crippen LogP contribution < -0.4 is 5.32 Å². The second-order valence-electron chi connectivity index (χ2n) is 5.47. The average Bonchev–Trinajstić information content (AvgIpc) is 2.81. The number of nitrogens with one attached hydrogen (secondary N) is 1. The van der Waals surface area contributed by atoms with E-state index in [1.807, 2.05) is 19.2 Å². The van der Waals surface area contributed by atoms with Gasteiger partial charge >= 0.3 is 5.97 Å². The van der Waals surface area contributed by atoms with Gasteiger partial charge in [0.1, 0.15) is 0 Å². The van der Waals surface area contributed by atoms with Crippen molar-refractivity contribution in [2.75, 3.05) is 0 Å². The topological polar surface area (TPSA) is 55.4 Å². The largest absolute Gasteiger partial charge is 0.449 e. The summed E-state index contributed by atoms with van der Waals surface area (Å²) in [5, 5.41) is 4.61. The molecule has 1 N–H and O–H groups in total. The summed E-state index contributed by atoms with van der Waals surface area (Å²) < 4.78 is 5.28. The van der Waals surface area contributed by atoms with E-state index in [9.17, 15) is 9.59 Å². The molecule has 1 aromatic rings. The molecule has 1 aliphatic rings. The summed E-state index contributed by atoms with van der Waals surface area (Å²) in [7, 11) is 0. The first-order chi connectivity index (χ1) is 9.49. The highest BCUT2D eigenvalue weighted by atomic mass is 32.1. The molecule has 0 spiro atoms. The molecule has 110 valence electrons. The van der Waals surface area contributed by atoms with E-state index in [0.717, 1.165) is 24.8 Å². The van der Waals surface area contributed by atoms with Crippen LogP contribution in [0.2, 0.25) is 0 Å². The zero-order chi connectivity index (χ0) is 14.7. The van der Waals surface area contributed by atoms with Crippen LogP contribution in [0.3, 0.4) is 0 Å². The maximum Gasteiger partial charge on any atom is 0.340 e. The summed E-state index contributed by atoms with van der Waals surface area (Å²) in [6.45, 7) is 5.36. The molecule has 1 amide bonds. The van der Waals surface area contributed by atoms with Crippen molar-refractivity contribution in [1.82, 2.24) is 5.32 Å². The highest BCUT2D eigenvalue weighted by Crippen LogP contribution is 2.30. The molecule has 0 bridgehead atoms. The molecule has 0 radical (unpaired) electrons. The van der Waals surface area contributed by atoms with E-state index in [1.54, 1.807) is 18.3 Å². The molecule has 5 heteroatoms. The molecule has 4 nitrogen and oxygen atoms in total. The standard InChI is InChI=1S/C15H21NO3S/c1-9(2)16-14(17)10(3)19-15(18)12-8-20-13-7-5-4-6-11(12)13/h8-10H,4-7H2,1-3H3,(H,16,17)/t10-/m0/s1. The quantitative estimate of drug-likeness (QED) is 0.869. The van der Waals surface area contributed by atoms with Crippen LogP contribution in [0.25, 0.3) is 0 Å². The van der Waals surface area contributed by atoms with Crippen LogP contribution in [0.15, 0.2) is 5.38 Å². The van der Waals surface area contributed by atoms with Gasteiger partial charge < -0.3 is 10.1 Å². The molecular weight excluding hydrogens is 274 g/mol. The molecule has 0 aromatic carbocycles. The molecule has 1 atom stereocenters. The van der Waals surface area contributed by atoms with Gasteiger partial charge in [-0.2, -0.15) is 0 Å². The Bertz CT molecular complexity index is 507. The third-order valence-corrected chi connectivity index (χ3v) is 4.45. The van der Waals surface area contributed by atoms with Gasteiger partial charge in [0.25, 0.3) is 5.91 Å². The van der Waals surface area contributed by atoms with Crippen molar-refractivity contribution in [3.8, 4) is 0 Å². The van der Waals surface area contributed by atoms with Crippen LogP contribution in [-0.2, 0) is 22.4 Å². The molecule has 1 heterocycles. The number of thiophene rings is 1. The molecule has 0 fully saturated rings. The van der Waals surface area contributed by atoms with Gasteiger partial charge in [-0.3, -0.25) is 4.79 Å². The molecule has 0 unspecified atom stereocenters. The Morgan fingerprint density at radius 2 is 1.95 bits per heavy atom. The summed E-state index contributed by atoms with van der Waals surface area (Å²) in [4.78, 5) is 25.2. The predicted molar refractivity (Wildman–Crippen MR) is 79.1 cm³/mol. The molecule has 1 aliphatic carbocycles. The van der Waals surface area contributed by atoms with E-state index in [1.165, 1.54) is 11.3 Å². The van der Waals surface area contributed by atoms with E-state index in [-0.39, 0.29) is 17.9 Å². The minimum absolute atomic E-state index is 0.0394. The van der Waals surface area contributed by atoms with Crippen molar-refractivity contribution in [2.45, 2.75) is 58.6 Å². The monoisotopic (exact) mass is 295 g/mol. The second kappa shape index (κ2) is 6.39. The molecule has 2 rings (SSSR count). The number of carbonyl (C=O) groups excluding carboxylic acids is 2. The average molecular weight is 295 g/mol. The van der Waals surface area contributed by atoms with Crippen LogP contribution in [0.1, 0.15) is 54.4 Å². The Hall–Kier alpha value is -1.36. The predicted octanol–water partition coefficient (Wildman–Crippen LogP) is 2.70. The van der Waals surface area contributed by atoms with Crippen molar-refractivity contribution in [2.24, 2.45) is 0 Å². The Balaban J connectivity index is 2.01. The van der Waals surface area contributed by atoms with Gasteiger partial charge in [-0.25, -0.2) is 4.79 Å². The Morgan fingerprint density at radius 3 is 2.65 bits per heavy atom. The fraction of sp³-hybridized carbons (Fsp3) is 0.600. The molecule has 1 aromatic heterocycles. The summed E-state index contributed by atoms with van der Waals surface area (Å²) in [5.74, 6) is -0.631. The number of esters is 1. The molecular formula is C15H21NO3S. The van der Waals surface area contributed by atoms with Crippen LogP contribution in [-0.4, -0.2) is 24.0 Å². The van der Waals surface area contributed by atoms with Crippen LogP contribution in [0, 0.1) is 0 Å². The number of amides is 1. The number of hydrogen-bond donors (Lipinski definition) is 1. The zero-order valence-corrected chi connectivity index (χ0v) is 13.0. The number of ether oxygens (including phenoxy) is 1. The van der Waals surface area contributed by atoms with Crippen molar-refractivity contribution in [1.29, 1.82) is 0 Å². The number of rotatable bonds is 4. The van der Waals surface area contributed by atoms with Crippen LogP contribution >= 0.6 is 11.3 Å². The smallest absolute Gasteiger partial charge is 0.340 e. The number of hydrogen-bond acceptors (Lipinski definition) is 4. The van der Waals surface area contributed by atoms with Crippen molar-refractivity contribution in [3.05, 3.63) is 21.4 Å². The van der Waals surface area contributed by atoms with Gasteiger partial charge in [0.05, 0.1) is 5.56 Å². The lowest BCUT2D eigenvalue weighted by atomic mass is 9.96. The Kier molecular flexibility index (Phi) is 4.81. The highest BCUT2D eigenvalue weighted by Gasteiger charge is 2.24. The van der Waals surface area contributed by atoms with Crippen molar-refractivity contribution < 1.29 is 14.3 Å². The van der Waals surface area contributed by atoms with E-state index in [4.69, 9.17) is 4.74 Å². The van der Waals surface area contributed by atoms with Crippen LogP contribution in [0.4, 0.5) is 0 Å². The lowest BCUT2D eigenvalue weighted by molar-refractivity contribution is -0.129. The van der Waals surface area contributed by atoms with E-state index < -0.39 is 6.10 Å². The maximum absolute atomic E-state index is 12.2. The van der Waals surface area contributed by atoms with E-state index in [0.29, 0.717) is 5.56 Å². The first-order valence-electron chi connectivity index (χ1n) is 7.09. The fourth-order valence-electron chi connectivity index (χ4n) is 2.34. The third kappa shape index (κ3) is 3.39. The van der Waals surface area contributed by atoms with Gasteiger partial charge in [-0.1, -0.05) is 0 Å². The summed E-state index contributed by atoms with van der Waals surface area (Å²) in [6, 6.07) is 0.0394. The van der Waals surface area contributed by atoms with Gasteiger partial charge in [-0.05, 0) is 52.0 Å². The van der Waals surface area contributed by atoms with Gasteiger partial charge in [-0.15, -0.1) is 11.3 Å². The zero-order valence-electron chi connectivity index (χ0n) is 12.2. The Morgan fingerprint density at radius 1 is 1.25 bits per heavy atom. The molecule has 20 heavy (non-hydrogen) atoms. The van der Waals surface area contributed by atoms with E-state index >= 15 is 0 Å². The lowest BCUT2D eigenvalue weighted by Crippen LogP contribution is -2.39. The summed E-state index contributed by atoms with van der Waals surface area (Å²) in [6.07, 6.45) is 3.54. The minimum Gasteiger partial charge on any atom is -0.449 e. The van der Waals surface area contributed by atoms with Crippen molar-refractivity contribution in [3.63, 3.8) is 0 Å². The number of carbonyl (C=O) groups is 2. The number of fused-ring (bicyclic) bond motifs is 1. The van der Waals surface area contributed by atoms with Gasteiger partial charge in [0.15, 0.2) is 6.10 Å². The van der Waals surface area contributed by atoms with Crippen molar-refractivity contribution >= 4 is 23.2 Å². The lowest BCUT2D eigenvalue weighted by Gasteiger charge is -2.16. The first kappa shape index (κ1) is 15.0. The van der Waals surface area contributed by atoms with Gasteiger partial charge in [0, 0.05) is 16.3 Å². The van der Waals surface area contributed by atoms with Crippen LogP contribution in [0.5, 0.6) is 0 Å². The molecule has 0 aliphatic heterocycles. The van der Waals surface area contributed by atoms with Gasteiger partial charge in [0.2, 0.25) is 0 Å². The molecule has 0 saturated carbocycles. The van der Waals surface area contributed by atoms with E-state index in [2.05, 4.69) is 5.32 Å². The second-order valence-corrected chi connectivity index (χ2v) is 6.43.